The summed E-state index contributed by atoms with van der Waals surface area (Å²) in [5.74, 6) is 1.30. The second-order valence-corrected chi connectivity index (χ2v) is 6.08. The van der Waals surface area contributed by atoms with Crippen LogP contribution in [0.1, 0.15) is 25.8 Å². The summed E-state index contributed by atoms with van der Waals surface area (Å²) in [4.78, 5) is 18.7. The predicted molar refractivity (Wildman–Crippen MR) is 82.3 cm³/mol. The molecule has 0 N–H and O–H groups in total. The van der Waals surface area contributed by atoms with Crippen LogP contribution in [-0.4, -0.2) is 17.4 Å². The predicted octanol–water partition coefficient (Wildman–Crippen LogP) is 3.82. The number of rotatable bonds is 2. The molecule has 1 aromatic carbocycles. The molecule has 1 aliphatic heterocycles. The highest BCUT2D eigenvalue weighted by molar-refractivity contribution is 6.35. The van der Waals surface area contributed by atoms with E-state index < -0.39 is 0 Å². The van der Waals surface area contributed by atoms with Crippen molar-refractivity contribution in [1.29, 1.82) is 0 Å². The Balaban J connectivity index is 2.04. The topological polar surface area (TPSA) is 33.2 Å². The Bertz CT molecular complexity index is 681. The molecule has 0 saturated carbocycles. The summed E-state index contributed by atoms with van der Waals surface area (Å²) in [6.07, 6.45) is 1.43. The lowest BCUT2D eigenvalue weighted by Gasteiger charge is -2.18. The Kier molecular flexibility index (Phi) is 3.38. The van der Waals surface area contributed by atoms with Crippen LogP contribution in [0.25, 0.3) is 10.9 Å². The number of halogens is 1. The molecule has 3 rings (SSSR count). The van der Waals surface area contributed by atoms with E-state index in [-0.39, 0.29) is 5.91 Å². The molecule has 0 radical (unpaired) electrons. The van der Waals surface area contributed by atoms with Gasteiger partial charge in [0.1, 0.15) is 5.82 Å². The molecule has 0 fully saturated rings. The largest absolute Gasteiger partial charge is 0.296 e. The second-order valence-electron chi connectivity index (χ2n) is 5.68. The number of nitrogens with zero attached hydrogens (tertiary/aromatic N) is 2. The number of pyridine rings is 1. The van der Waals surface area contributed by atoms with E-state index >= 15 is 0 Å². The van der Waals surface area contributed by atoms with Crippen LogP contribution < -0.4 is 4.90 Å². The van der Waals surface area contributed by atoms with Crippen LogP contribution in [0.4, 0.5) is 5.82 Å². The van der Waals surface area contributed by atoms with Gasteiger partial charge in [-0.2, -0.15) is 0 Å². The number of carbonyl (C=O) groups excluding carboxylic acids is 1. The zero-order valence-electron chi connectivity index (χ0n) is 11.7. The van der Waals surface area contributed by atoms with Crippen molar-refractivity contribution in [1.82, 2.24) is 4.98 Å². The van der Waals surface area contributed by atoms with Gasteiger partial charge in [-0.1, -0.05) is 37.6 Å². The van der Waals surface area contributed by atoms with Crippen molar-refractivity contribution in [3.8, 4) is 0 Å². The summed E-state index contributed by atoms with van der Waals surface area (Å²) in [5.41, 5.74) is 1.91. The van der Waals surface area contributed by atoms with Crippen LogP contribution in [0.5, 0.6) is 0 Å². The zero-order valence-corrected chi connectivity index (χ0v) is 12.4. The van der Waals surface area contributed by atoms with E-state index in [1.807, 2.05) is 18.2 Å². The molecule has 4 heteroatoms. The molecule has 0 saturated heterocycles. The quantitative estimate of drug-likeness (QED) is 0.841. The van der Waals surface area contributed by atoms with Crippen molar-refractivity contribution in [3.05, 3.63) is 34.9 Å². The molecule has 1 amide bonds. The fourth-order valence-corrected chi connectivity index (χ4v) is 2.88. The Morgan fingerprint density at radius 1 is 1.45 bits per heavy atom. The number of hydrogen-bond donors (Lipinski definition) is 0. The van der Waals surface area contributed by atoms with Gasteiger partial charge < -0.3 is 0 Å². The Morgan fingerprint density at radius 3 is 3.00 bits per heavy atom. The summed E-state index contributed by atoms with van der Waals surface area (Å²) in [6.45, 7) is 4.83. The van der Waals surface area contributed by atoms with Gasteiger partial charge in [0.2, 0.25) is 5.91 Å². The average molecular weight is 289 g/mol. The van der Waals surface area contributed by atoms with E-state index in [2.05, 4.69) is 24.9 Å². The number of anilines is 1. The van der Waals surface area contributed by atoms with Crippen LogP contribution in [-0.2, 0) is 11.2 Å². The minimum Gasteiger partial charge on any atom is -0.296 e. The maximum atomic E-state index is 12.3. The van der Waals surface area contributed by atoms with Crippen LogP contribution in [0.15, 0.2) is 24.3 Å². The summed E-state index contributed by atoms with van der Waals surface area (Å²) in [7, 11) is 0. The maximum absolute atomic E-state index is 12.3. The van der Waals surface area contributed by atoms with Crippen LogP contribution in [0, 0.1) is 5.92 Å². The highest BCUT2D eigenvalue weighted by atomic mass is 35.5. The van der Waals surface area contributed by atoms with Gasteiger partial charge in [0.25, 0.3) is 0 Å². The monoisotopic (exact) mass is 288 g/mol. The molecular weight excluding hydrogens is 272 g/mol. The molecule has 1 aliphatic rings. The second kappa shape index (κ2) is 5.06. The third-order valence-corrected chi connectivity index (χ3v) is 3.90. The highest BCUT2D eigenvalue weighted by Gasteiger charge is 2.27. The molecule has 0 unspecified atom stereocenters. The van der Waals surface area contributed by atoms with Crippen LogP contribution in [0.2, 0.25) is 5.02 Å². The molecule has 0 bridgehead atoms. The van der Waals surface area contributed by atoms with Gasteiger partial charge in [-0.25, -0.2) is 4.98 Å². The molecule has 2 aromatic rings. The fourth-order valence-electron chi connectivity index (χ4n) is 2.65. The molecule has 104 valence electrons. The van der Waals surface area contributed by atoms with Crippen molar-refractivity contribution >= 4 is 34.2 Å². The van der Waals surface area contributed by atoms with E-state index in [0.29, 0.717) is 17.4 Å². The summed E-state index contributed by atoms with van der Waals surface area (Å²) in [5, 5.41) is 1.67. The van der Waals surface area contributed by atoms with Gasteiger partial charge in [-0.05, 0) is 30.0 Å². The van der Waals surface area contributed by atoms with Crippen molar-refractivity contribution in [2.75, 3.05) is 11.4 Å². The number of para-hydroxylation sites is 1. The van der Waals surface area contributed by atoms with Gasteiger partial charge in [0.15, 0.2) is 0 Å². The average Bonchev–Trinajstić information content (AvgIpc) is 2.79. The first-order valence-corrected chi connectivity index (χ1v) is 7.32. The van der Waals surface area contributed by atoms with E-state index in [1.165, 1.54) is 0 Å². The normalized spacial score (nSPS) is 14.1. The first-order chi connectivity index (χ1) is 9.56. The lowest BCUT2D eigenvalue weighted by molar-refractivity contribution is -0.119. The smallest absolute Gasteiger partial charge is 0.228 e. The molecule has 20 heavy (non-hydrogen) atoms. The van der Waals surface area contributed by atoms with Crippen molar-refractivity contribution < 1.29 is 4.79 Å². The number of fused-ring (bicyclic) bond motifs is 2. The number of amides is 1. The zero-order chi connectivity index (χ0) is 14.3. The van der Waals surface area contributed by atoms with Crippen molar-refractivity contribution in [2.45, 2.75) is 26.7 Å². The molecule has 0 spiro atoms. The fraction of sp³-hybridized carbons (Fsp3) is 0.375. The minimum atomic E-state index is 0.151. The summed E-state index contributed by atoms with van der Waals surface area (Å²) < 4.78 is 0. The first-order valence-electron chi connectivity index (χ1n) is 6.95. The van der Waals surface area contributed by atoms with Gasteiger partial charge in [0, 0.05) is 18.4 Å². The summed E-state index contributed by atoms with van der Waals surface area (Å²) in [6, 6.07) is 7.87. The SMILES string of the molecule is CC(C)CC(=O)N1CCc2cc3cccc(Cl)c3nc21. The number of hydrogen-bond acceptors (Lipinski definition) is 2. The van der Waals surface area contributed by atoms with Crippen LogP contribution >= 0.6 is 11.6 Å². The first kappa shape index (κ1) is 13.4. The molecule has 0 aliphatic carbocycles. The summed E-state index contributed by atoms with van der Waals surface area (Å²) >= 11 is 6.20. The van der Waals surface area contributed by atoms with Gasteiger partial charge in [-0.3, -0.25) is 9.69 Å². The van der Waals surface area contributed by atoms with Crippen LogP contribution in [0.3, 0.4) is 0 Å². The third kappa shape index (κ3) is 2.27. The highest BCUT2D eigenvalue weighted by Crippen LogP contribution is 2.32. The molecule has 0 atom stereocenters. The Labute approximate surface area is 123 Å². The number of carbonyl (C=O) groups is 1. The van der Waals surface area contributed by atoms with Gasteiger partial charge in [0.05, 0.1) is 10.5 Å². The lowest BCUT2D eigenvalue weighted by atomic mass is 10.1. The van der Waals surface area contributed by atoms with E-state index in [9.17, 15) is 4.79 Å². The standard InChI is InChI=1S/C16H17ClN2O/c1-10(2)8-14(20)19-7-6-12-9-11-4-3-5-13(17)15(11)18-16(12)19/h3-5,9-10H,6-8H2,1-2H3. The lowest BCUT2D eigenvalue weighted by Crippen LogP contribution is -2.30. The van der Waals surface area contributed by atoms with Gasteiger partial charge in [-0.15, -0.1) is 0 Å². The third-order valence-electron chi connectivity index (χ3n) is 3.60. The molecular formula is C16H17ClN2O. The number of aromatic nitrogens is 1. The maximum Gasteiger partial charge on any atom is 0.228 e. The molecule has 2 heterocycles. The molecule has 3 nitrogen and oxygen atoms in total. The Morgan fingerprint density at radius 2 is 2.25 bits per heavy atom. The van der Waals surface area contributed by atoms with E-state index in [0.717, 1.165) is 35.2 Å². The minimum absolute atomic E-state index is 0.151. The van der Waals surface area contributed by atoms with Crippen molar-refractivity contribution in [3.63, 3.8) is 0 Å². The van der Waals surface area contributed by atoms with E-state index in [1.54, 1.807) is 4.90 Å². The van der Waals surface area contributed by atoms with E-state index in [4.69, 9.17) is 11.6 Å². The van der Waals surface area contributed by atoms with Crippen molar-refractivity contribution in [2.24, 2.45) is 5.92 Å². The number of benzene rings is 1. The van der Waals surface area contributed by atoms with Gasteiger partial charge >= 0.3 is 0 Å². The molecule has 1 aromatic heterocycles. The Hall–Kier alpha value is -1.61.